The van der Waals surface area contributed by atoms with Crippen molar-refractivity contribution >= 4 is 26.0 Å². The third-order valence-electron chi connectivity index (χ3n) is 3.07. The molecule has 1 atom stereocenters. The van der Waals surface area contributed by atoms with Gasteiger partial charge in [0.1, 0.15) is 10.7 Å². The SMILES string of the molecule is CCOCC(C)NS(=O)(=O)c1cc(CNC2CC2)oc1Br. The van der Waals surface area contributed by atoms with Gasteiger partial charge in [0.15, 0.2) is 4.67 Å². The van der Waals surface area contributed by atoms with Crippen molar-refractivity contribution in [2.45, 2.75) is 50.2 Å². The summed E-state index contributed by atoms with van der Waals surface area (Å²) in [6, 6.07) is 1.79. The van der Waals surface area contributed by atoms with Gasteiger partial charge < -0.3 is 14.5 Å². The molecule has 1 aromatic rings. The molecule has 0 amide bonds. The van der Waals surface area contributed by atoms with Crippen LogP contribution in [0, 0.1) is 0 Å². The van der Waals surface area contributed by atoms with Gasteiger partial charge in [-0.3, -0.25) is 0 Å². The number of furan rings is 1. The third kappa shape index (κ3) is 5.07. The average Bonchev–Trinajstić information content (AvgIpc) is 3.15. The minimum absolute atomic E-state index is 0.124. The van der Waals surface area contributed by atoms with Gasteiger partial charge in [-0.2, -0.15) is 0 Å². The lowest BCUT2D eigenvalue weighted by molar-refractivity contribution is 0.133. The summed E-state index contributed by atoms with van der Waals surface area (Å²) in [6.07, 6.45) is 2.34. The summed E-state index contributed by atoms with van der Waals surface area (Å²) in [6.45, 7) is 5.05. The molecule has 0 bridgehead atoms. The number of halogens is 1. The number of nitrogens with one attached hydrogen (secondary N) is 2. The van der Waals surface area contributed by atoms with Crippen molar-refractivity contribution in [3.8, 4) is 0 Å². The van der Waals surface area contributed by atoms with Crippen LogP contribution >= 0.6 is 15.9 Å². The molecular weight excluding hydrogens is 360 g/mol. The van der Waals surface area contributed by atoms with Crippen LogP contribution in [0.4, 0.5) is 0 Å². The minimum Gasteiger partial charge on any atom is -0.452 e. The van der Waals surface area contributed by atoms with Crippen molar-refractivity contribution in [3.05, 3.63) is 16.5 Å². The van der Waals surface area contributed by atoms with Gasteiger partial charge >= 0.3 is 0 Å². The number of rotatable bonds is 9. The summed E-state index contributed by atoms with van der Waals surface area (Å²) in [5.74, 6) is 0.603. The number of ether oxygens (including phenoxy) is 1. The van der Waals surface area contributed by atoms with Gasteiger partial charge in [-0.1, -0.05) is 0 Å². The van der Waals surface area contributed by atoms with Crippen molar-refractivity contribution in [2.24, 2.45) is 0 Å². The molecule has 1 saturated carbocycles. The molecule has 8 heteroatoms. The van der Waals surface area contributed by atoms with Gasteiger partial charge in [-0.05, 0) is 42.6 Å². The second-order valence-electron chi connectivity index (χ2n) is 5.19. The fourth-order valence-corrected chi connectivity index (χ4v) is 4.08. The highest BCUT2D eigenvalue weighted by Gasteiger charge is 2.25. The first-order valence-corrected chi connectivity index (χ1v) is 9.31. The van der Waals surface area contributed by atoms with E-state index in [4.69, 9.17) is 9.15 Å². The number of hydrogen-bond donors (Lipinski definition) is 2. The maximum absolute atomic E-state index is 12.3. The van der Waals surface area contributed by atoms with Crippen LogP contribution in [0.1, 0.15) is 32.4 Å². The van der Waals surface area contributed by atoms with E-state index in [2.05, 4.69) is 26.0 Å². The van der Waals surface area contributed by atoms with Crippen LogP contribution in [-0.4, -0.2) is 33.7 Å². The third-order valence-corrected chi connectivity index (χ3v) is 5.51. The van der Waals surface area contributed by atoms with E-state index in [0.29, 0.717) is 31.6 Å². The van der Waals surface area contributed by atoms with Gasteiger partial charge in [0.25, 0.3) is 0 Å². The summed E-state index contributed by atoms with van der Waals surface area (Å²) < 4.78 is 38.1. The van der Waals surface area contributed by atoms with E-state index in [-0.39, 0.29) is 15.6 Å². The lowest BCUT2D eigenvalue weighted by atomic mass is 10.4. The van der Waals surface area contributed by atoms with Crippen LogP contribution in [0.2, 0.25) is 0 Å². The Kier molecular flexibility index (Phi) is 5.84. The van der Waals surface area contributed by atoms with Crippen molar-refractivity contribution < 1.29 is 17.6 Å². The Morgan fingerprint density at radius 3 is 2.86 bits per heavy atom. The highest BCUT2D eigenvalue weighted by atomic mass is 79.9. The van der Waals surface area contributed by atoms with Crippen LogP contribution in [0.25, 0.3) is 0 Å². The lowest BCUT2D eigenvalue weighted by Gasteiger charge is -2.13. The quantitative estimate of drug-likeness (QED) is 0.684. The van der Waals surface area contributed by atoms with E-state index in [1.165, 1.54) is 12.8 Å². The average molecular weight is 381 g/mol. The zero-order valence-electron chi connectivity index (χ0n) is 12.2. The number of sulfonamides is 1. The van der Waals surface area contributed by atoms with Crippen molar-refractivity contribution in [1.82, 2.24) is 10.0 Å². The molecular formula is C13H21BrN2O4S. The molecule has 0 radical (unpaired) electrons. The molecule has 21 heavy (non-hydrogen) atoms. The van der Waals surface area contributed by atoms with Crippen molar-refractivity contribution in [3.63, 3.8) is 0 Å². The van der Waals surface area contributed by atoms with Gasteiger partial charge in [0, 0.05) is 24.8 Å². The molecule has 2 rings (SSSR count). The molecule has 0 spiro atoms. The predicted molar refractivity (Wildman–Crippen MR) is 82.5 cm³/mol. The Morgan fingerprint density at radius 2 is 2.24 bits per heavy atom. The lowest BCUT2D eigenvalue weighted by Crippen LogP contribution is -2.35. The van der Waals surface area contributed by atoms with Gasteiger partial charge in [-0.25, -0.2) is 13.1 Å². The van der Waals surface area contributed by atoms with Crippen LogP contribution < -0.4 is 10.0 Å². The van der Waals surface area contributed by atoms with E-state index >= 15 is 0 Å². The largest absolute Gasteiger partial charge is 0.452 e. The first-order valence-electron chi connectivity index (χ1n) is 7.04. The Balaban J connectivity index is 2.00. The fraction of sp³-hybridized carbons (Fsp3) is 0.692. The molecule has 1 aromatic heterocycles. The normalized spacial score (nSPS) is 17.1. The summed E-state index contributed by atoms with van der Waals surface area (Å²) in [4.78, 5) is 0.124. The van der Waals surface area contributed by atoms with E-state index in [1.54, 1.807) is 13.0 Å². The van der Waals surface area contributed by atoms with E-state index in [9.17, 15) is 8.42 Å². The molecule has 1 fully saturated rings. The maximum atomic E-state index is 12.3. The van der Waals surface area contributed by atoms with Crippen LogP contribution in [0.3, 0.4) is 0 Å². The molecule has 1 aliphatic rings. The molecule has 120 valence electrons. The smallest absolute Gasteiger partial charge is 0.245 e. The Morgan fingerprint density at radius 1 is 1.52 bits per heavy atom. The molecule has 1 aliphatic carbocycles. The van der Waals surface area contributed by atoms with Crippen LogP contribution in [0.15, 0.2) is 20.0 Å². The minimum atomic E-state index is -3.62. The van der Waals surface area contributed by atoms with E-state index in [1.807, 2.05) is 6.92 Å². The Hall–Kier alpha value is -0.410. The molecule has 0 saturated heterocycles. The number of hydrogen-bond acceptors (Lipinski definition) is 5. The molecule has 6 nitrogen and oxygen atoms in total. The van der Waals surface area contributed by atoms with Crippen molar-refractivity contribution in [2.75, 3.05) is 13.2 Å². The summed E-state index contributed by atoms with van der Waals surface area (Å²) in [5, 5.41) is 3.28. The maximum Gasteiger partial charge on any atom is 0.245 e. The second-order valence-corrected chi connectivity index (χ2v) is 7.59. The monoisotopic (exact) mass is 380 g/mol. The first kappa shape index (κ1) is 17.0. The fourth-order valence-electron chi connectivity index (χ4n) is 1.86. The predicted octanol–water partition coefficient (Wildman–Crippen LogP) is 2.00. The summed E-state index contributed by atoms with van der Waals surface area (Å²) >= 11 is 3.17. The molecule has 1 unspecified atom stereocenters. The molecule has 1 heterocycles. The topological polar surface area (TPSA) is 80.6 Å². The zero-order valence-corrected chi connectivity index (χ0v) is 14.6. The van der Waals surface area contributed by atoms with Crippen LogP contribution in [0.5, 0.6) is 0 Å². The summed E-state index contributed by atoms with van der Waals surface area (Å²) in [5.41, 5.74) is 0. The Labute approximate surface area is 133 Å². The van der Waals surface area contributed by atoms with Gasteiger partial charge in [0.2, 0.25) is 10.0 Å². The standard InChI is InChI=1S/C13H21BrN2O4S/c1-3-19-8-9(2)16-21(17,18)12-6-11(20-13(12)14)7-15-10-4-5-10/h6,9-10,15-16H,3-5,7-8H2,1-2H3. The molecule has 0 aromatic carbocycles. The zero-order chi connectivity index (χ0) is 15.5. The van der Waals surface area contributed by atoms with E-state index in [0.717, 1.165) is 0 Å². The molecule has 0 aliphatic heterocycles. The Bertz CT molecular complexity index is 569. The van der Waals surface area contributed by atoms with Gasteiger partial charge in [0.05, 0.1) is 13.2 Å². The van der Waals surface area contributed by atoms with Crippen LogP contribution in [-0.2, 0) is 21.3 Å². The highest BCUT2D eigenvalue weighted by Crippen LogP contribution is 2.27. The molecule has 2 N–H and O–H groups in total. The highest BCUT2D eigenvalue weighted by molar-refractivity contribution is 9.10. The van der Waals surface area contributed by atoms with Gasteiger partial charge in [-0.15, -0.1) is 0 Å². The van der Waals surface area contributed by atoms with E-state index < -0.39 is 10.0 Å². The first-order chi connectivity index (χ1) is 9.92. The van der Waals surface area contributed by atoms with Crippen molar-refractivity contribution in [1.29, 1.82) is 0 Å². The second kappa shape index (κ2) is 7.23. The summed E-state index contributed by atoms with van der Waals surface area (Å²) in [7, 11) is -3.62.